The zero-order chi connectivity index (χ0) is 26.1. The maximum Gasteiger partial charge on any atom is 0.258 e. The van der Waals surface area contributed by atoms with Gasteiger partial charge in [0.25, 0.3) is 5.91 Å². The van der Waals surface area contributed by atoms with Crippen molar-refractivity contribution in [1.29, 1.82) is 0 Å². The monoisotopic (exact) mass is 500 g/mol. The number of amides is 1. The van der Waals surface area contributed by atoms with Crippen LogP contribution in [0.4, 0.5) is 0 Å². The summed E-state index contributed by atoms with van der Waals surface area (Å²) in [5.74, 6) is 0.746. The first-order chi connectivity index (χ1) is 17.8. The van der Waals surface area contributed by atoms with Crippen LogP contribution in [-0.4, -0.2) is 33.3 Å². The maximum absolute atomic E-state index is 12.3. The van der Waals surface area contributed by atoms with Gasteiger partial charge >= 0.3 is 0 Å². The molecule has 2 aromatic carbocycles. The lowest BCUT2D eigenvalue weighted by molar-refractivity contribution is -0.205. The standard InChI is InChI=1S/C31H36N2O4/c1-3-30-21-29(2,35)31(36,24-7-5-4-6-8-24)18-25(30)10-9-23-17-26(11-12-27(23)30)37-20-28(34)33-19-22-13-15-32-16-14-22/h4-8,11-17,25,35-36H,3,9-10,18-21H2,1-2H3,(H,33,34)/t25-,29?,30?,31+/m0/s1. The van der Waals surface area contributed by atoms with Crippen molar-refractivity contribution < 1.29 is 19.7 Å². The van der Waals surface area contributed by atoms with Crippen LogP contribution in [-0.2, 0) is 28.8 Å². The predicted molar refractivity (Wildman–Crippen MR) is 142 cm³/mol. The zero-order valence-corrected chi connectivity index (χ0v) is 21.6. The van der Waals surface area contributed by atoms with Gasteiger partial charge < -0.3 is 20.3 Å². The van der Waals surface area contributed by atoms with E-state index in [4.69, 9.17) is 4.74 Å². The van der Waals surface area contributed by atoms with Crippen LogP contribution in [0, 0.1) is 5.92 Å². The van der Waals surface area contributed by atoms with E-state index in [0.717, 1.165) is 30.4 Å². The summed E-state index contributed by atoms with van der Waals surface area (Å²) in [5.41, 5.74) is 1.41. The van der Waals surface area contributed by atoms with E-state index in [1.807, 2.05) is 54.6 Å². The SMILES string of the molecule is CCC12CC(C)(O)[C@](O)(c3ccccc3)C[C@@H]1CCc1cc(OCC(=O)NCc3ccncc3)ccc12. The Morgan fingerprint density at radius 3 is 2.59 bits per heavy atom. The van der Waals surface area contributed by atoms with Crippen LogP contribution in [0.25, 0.3) is 0 Å². The van der Waals surface area contributed by atoms with Gasteiger partial charge in [0.15, 0.2) is 6.61 Å². The molecule has 2 aliphatic rings. The highest BCUT2D eigenvalue weighted by molar-refractivity contribution is 5.77. The molecule has 0 saturated heterocycles. The molecule has 0 aliphatic heterocycles. The molecule has 2 aliphatic carbocycles. The Morgan fingerprint density at radius 1 is 1.11 bits per heavy atom. The van der Waals surface area contributed by atoms with Gasteiger partial charge in [-0.2, -0.15) is 0 Å². The summed E-state index contributed by atoms with van der Waals surface area (Å²) in [5, 5.41) is 26.4. The fraction of sp³-hybridized carbons (Fsp3) is 0.419. The molecule has 6 heteroatoms. The lowest BCUT2D eigenvalue weighted by atomic mass is 9.49. The molecule has 3 aromatic rings. The van der Waals surface area contributed by atoms with E-state index in [-0.39, 0.29) is 23.8 Å². The van der Waals surface area contributed by atoms with E-state index in [0.29, 0.717) is 25.1 Å². The van der Waals surface area contributed by atoms with Crippen LogP contribution < -0.4 is 10.1 Å². The van der Waals surface area contributed by atoms with Crippen molar-refractivity contribution in [2.75, 3.05) is 6.61 Å². The summed E-state index contributed by atoms with van der Waals surface area (Å²) in [4.78, 5) is 16.3. The number of rotatable bonds is 7. The fourth-order valence-electron chi connectivity index (χ4n) is 6.70. The Hall–Kier alpha value is -3.22. The zero-order valence-electron chi connectivity index (χ0n) is 21.6. The van der Waals surface area contributed by atoms with Crippen molar-refractivity contribution in [3.05, 3.63) is 95.3 Å². The van der Waals surface area contributed by atoms with Gasteiger partial charge in [-0.3, -0.25) is 9.78 Å². The second kappa shape index (κ2) is 9.92. The number of nitrogens with zero attached hydrogens (tertiary/aromatic N) is 1. The van der Waals surface area contributed by atoms with Gasteiger partial charge in [-0.15, -0.1) is 0 Å². The molecule has 1 aromatic heterocycles. The van der Waals surface area contributed by atoms with Crippen LogP contribution >= 0.6 is 0 Å². The summed E-state index contributed by atoms with van der Waals surface area (Å²) < 4.78 is 5.84. The molecule has 2 unspecified atom stereocenters. The Labute approximate surface area is 218 Å². The number of benzene rings is 2. The lowest BCUT2D eigenvalue weighted by Gasteiger charge is -2.59. The maximum atomic E-state index is 12.3. The molecular weight excluding hydrogens is 464 g/mol. The number of hydrogen-bond donors (Lipinski definition) is 3. The molecule has 4 atom stereocenters. The van der Waals surface area contributed by atoms with Crippen LogP contribution in [0.15, 0.2) is 73.1 Å². The van der Waals surface area contributed by atoms with E-state index in [9.17, 15) is 15.0 Å². The molecule has 0 radical (unpaired) electrons. The van der Waals surface area contributed by atoms with Gasteiger partial charge in [-0.1, -0.05) is 43.3 Å². The molecule has 3 N–H and O–H groups in total. The topological polar surface area (TPSA) is 91.7 Å². The lowest BCUT2D eigenvalue weighted by Crippen LogP contribution is -2.62. The van der Waals surface area contributed by atoms with Crippen molar-refractivity contribution >= 4 is 5.91 Å². The number of aromatic nitrogens is 1. The smallest absolute Gasteiger partial charge is 0.258 e. The third-order valence-corrected chi connectivity index (χ3v) is 8.74. The normalized spacial score (nSPS) is 28.6. The average Bonchev–Trinajstić information content (AvgIpc) is 2.92. The van der Waals surface area contributed by atoms with Crippen molar-refractivity contribution in [2.45, 2.75) is 69.1 Å². The number of fused-ring (bicyclic) bond motifs is 3. The number of pyridine rings is 1. The van der Waals surface area contributed by atoms with Crippen molar-refractivity contribution in [3.8, 4) is 5.75 Å². The Morgan fingerprint density at radius 2 is 1.86 bits per heavy atom. The molecule has 194 valence electrons. The van der Waals surface area contributed by atoms with E-state index in [2.05, 4.69) is 23.3 Å². The first-order valence-corrected chi connectivity index (χ1v) is 13.2. The molecule has 0 spiro atoms. The number of aryl methyl sites for hydroxylation is 1. The molecular formula is C31H36N2O4. The van der Waals surface area contributed by atoms with E-state index >= 15 is 0 Å². The van der Waals surface area contributed by atoms with Crippen LogP contribution in [0.2, 0.25) is 0 Å². The number of ether oxygens (including phenoxy) is 1. The fourth-order valence-corrected chi connectivity index (χ4v) is 6.70. The van der Waals surface area contributed by atoms with Crippen LogP contribution in [0.1, 0.15) is 61.8 Å². The molecule has 6 nitrogen and oxygen atoms in total. The van der Waals surface area contributed by atoms with Gasteiger partial charge in [0.05, 0.1) is 5.60 Å². The highest BCUT2D eigenvalue weighted by Gasteiger charge is 2.60. The molecule has 37 heavy (non-hydrogen) atoms. The van der Waals surface area contributed by atoms with E-state index < -0.39 is 11.2 Å². The summed E-state index contributed by atoms with van der Waals surface area (Å²) in [6.07, 6.45) is 7.09. The highest BCUT2D eigenvalue weighted by atomic mass is 16.5. The van der Waals surface area contributed by atoms with Gasteiger partial charge in [0.2, 0.25) is 0 Å². The molecule has 0 bridgehead atoms. The largest absolute Gasteiger partial charge is 0.484 e. The molecule has 1 amide bonds. The minimum atomic E-state index is -1.29. The summed E-state index contributed by atoms with van der Waals surface area (Å²) in [6, 6.07) is 19.4. The second-order valence-corrected chi connectivity index (χ2v) is 10.9. The van der Waals surface area contributed by atoms with Gasteiger partial charge in [-0.25, -0.2) is 0 Å². The Balaban J connectivity index is 1.32. The second-order valence-electron chi connectivity index (χ2n) is 10.9. The number of hydrogen-bond acceptors (Lipinski definition) is 5. The third kappa shape index (κ3) is 4.64. The van der Waals surface area contributed by atoms with Crippen molar-refractivity contribution in [2.24, 2.45) is 5.92 Å². The quantitative estimate of drug-likeness (QED) is 0.447. The van der Waals surface area contributed by atoms with Gasteiger partial charge in [0.1, 0.15) is 11.4 Å². The summed E-state index contributed by atoms with van der Waals surface area (Å²) in [6.45, 7) is 4.35. The van der Waals surface area contributed by atoms with E-state index in [1.54, 1.807) is 19.3 Å². The van der Waals surface area contributed by atoms with Gasteiger partial charge in [-0.05, 0) is 91.5 Å². The molecule has 1 heterocycles. The Kier molecular flexibility index (Phi) is 6.82. The summed E-state index contributed by atoms with van der Waals surface area (Å²) in [7, 11) is 0. The van der Waals surface area contributed by atoms with Crippen molar-refractivity contribution in [3.63, 3.8) is 0 Å². The van der Waals surface area contributed by atoms with Crippen molar-refractivity contribution in [1.82, 2.24) is 10.3 Å². The first kappa shape index (κ1) is 25.4. The number of carbonyl (C=O) groups is 1. The minimum Gasteiger partial charge on any atom is -0.484 e. The number of nitrogens with one attached hydrogen (secondary N) is 1. The number of aliphatic hydroxyl groups is 2. The van der Waals surface area contributed by atoms with Crippen LogP contribution in [0.3, 0.4) is 0 Å². The molecule has 1 saturated carbocycles. The molecule has 1 fully saturated rings. The first-order valence-electron chi connectivity index (χ1n) is 13.2. The van der Waals surface area contributed by atoms with Gasteiger partial charge in [0, 0.05) is 24.4 Å². The molecule has 5 rings (SSSR count). The average molecular weight is 501 g/mol. The predicted octanol–water partition coefficient (Wildman–Crippen LogP) is 4.42. The summed E-state index contributed by atoms with van der Waals surface area (Å²) >= 11 is 0. The third-order valence-electron chi connectivity index (χ3n) is 8.74. The highest BCUT2D eigenvalue weighted by Crippen LogP contribution is 2.60. The van der Waals surface area contributed by atoms with Crippen LogP contribution in [0.5, 0.6) is 5.75 Å². The van der Waals surface area contributed by atoms with E-state index in [1.165, 1.54) is 11.1 Å². The minimum absolute atomic E-state index is 0.0514. The number of carbonyl (C=O) groups excluding carboxylic acids is 1. The Bertz CT molecular complexity index is 1250.